The number of hydrogen-bond donors (Lipinski definition) is 1. The van der Waals surface area contributed by atoms with Crippen molar-refractivity contribution in [1.82, 2.24) is 10.2 Å². The molecule has 19 heavy (non-hydrogen) atoms. The molecule has 1 heterocycles. The Morgan fingerprint density at radius 3 is 2.37 bits per heavy atom. The van der Waals surface area contributed by atoms with Crippen molar-refractivity contribution in [3.05, 3.63) is 20.8 Å². The second kappa shape index (κ2) is 6.70. The number of nitrogens with zero attached hydrogens (tertiary/aromatic N) is 1. The lowest BCUT2D eigenvalue weighted by atomic mass is 9.82. The van der Waals surface area contributed by atoms with Crippen molar-refractivity contribution in [2.24, 2.45) is 0 Å². The van der Waals surface area contributed by atoms with Crippen LogP contribution in [0.2, 0.25) is 0 Å². The second-order valence-corrected chi connectivity index (χ2v) is 6.98. The molecule has 0 radical (unpaired) electrons. The van der Waals surface area contributed by atoms with E-state index in [1.165, 1.54) is 35.7 Å². The van der Waals surface area contributed by atoms with Gasteiger partial charge in [0.2, 0.25) is 0 Å². The van der Waals surface area contributed by atoms with Crippen LogP contribution in [0.5, 0.6) is 0 Å². The lowest BCUT2D eigenvalue weighted by Gasteiger charge is -2.46. The Bertz CT molecular complexity index is 395. The highest BCUT2D eigenvalue weighted by Crippen LogP contribution is 2.46. The zero-order valence-electron chi connectivity index (χ0n) is 12.2. The highest BCUT2D eigenvalue weighted by molar-refractivity contribution is 9.10. The van der Waals surface area contributed by atoms with E-state index in [2.05, 4.69) is 57.8 Å². The van der Waals surface area contributed by atoms with Gasteiger partial charge in [0.25, 0.3) is 0 Å². The minimum Gasteiger partial charge on any atom is -0.311 e. The molecule has 0 bridgehead atoms. The summed E-state index contributed by atoms with van der Waals surface area (Å²) in [5.41, 5.74) is 1.73. The highest BCUT2D eigenvalue weighted by atomic mass is 79.9. The van der Waals surface area contributed by atoms with Crippen LogP contribution in [-0.2, 0) is 0 Å². The van der Waals surface area contributed by atoms with E-state index in [0.29, 0.717) is 11.6 Å². The van der Waals surface area contributed by atoms with Crippen molar-refractivity contribution < 1.29 is 0 Å². The number of rotatable bonds is 6. The van der Waals surface area contributed by atoms with Crippen molar-refractivity contribution in [3.8, 4) is 0 Å². The molecule has 1 aliphatic carbocycles. The lowest BCUT2D eigenvalue weighted by Crippen LogP contribution is -2.54. The molecule has 4 heteroatoms. The summed E-state index contributed by atoms with van der Waals surface area (Å²) in [5, 5.41) is 8.11. The van der Waals surface area contributed by atoms with E-state index in [-0.39, 0.29) is 0 Å². The predicted octanol–water partition coefficient (Wildman–Crippen LogP) is 4.43. The third-order valence-corrected chi connectivity index (χ3v) is 6.39. The molecule has 0 spiro atoms. The number of likely N-dealkylation sites (N-methyl/N-ethyl adjacent to an activating group) is 2. The first-order valence-corrected chi connectivity index (χ1v) is 9.07. The molecule has 0 saturated heterocycles. The van der Waals surface area contributed by atoms with Crippen molar-refractivity contribution in [1.29, 1.82) is 0 Å². The van der Waals surface area contributed by atoms with Crippen molar-refractivity contribution in [2.45, 2.75) is 51.1 Å². The zero-order chi connectivity index (χ0) is 13.9. The van der Waals surface area contributed by atoms with Crippen molar-refractivity contribution in [3.63, 3.8) is 0 Å². The molecule has 1 atom stereocenters. The quantitative estimate of drug-likeness (QED) is 0.821. The molecule has 1 saturated carbocycles. The molecule has 1 unspecified atom stereocenters. The second-order valence-electron chi connectivity index (χ2n) is 5.38. The van der Waals surface area contributed by atoms with Gasteiger partial charge in [-0.15, -0.1) is 0 Å². The molecule has 0 aliphatic heterocycles. The van der Waals surface area contributed by atoms with E-state index in [1.807, 2.05) is 0 Å². The number of hydrogen-bond acceptors (Lipinski definition) is 3. The summed E-state index contributed by atoms with van der Waals surface area (Å²) in [7, 11) is 2.11. The molecule has 0 amide bonds. The standard InChI is InChI=1S/C15H25BrN2S/c1-4-18(5-2)15(8-6-7-9-15)14(17-3)12-10-19-11-13(12)16/h10-11,14,17H,4-9H2,1-3H3. The molecule has 1 aromatic heterocycles. The van der Waals surface area contributed by atoms with Crippen LogP contribution in [0.4, 0.5) is 0 Å². The third kappa shape index (κ3) is 2.78. The van der Waals surface area contributed by atoms with Gasteiger partial charge in [-0.1, -0.05) is 26.7 Å². The fourth-order valence-electron chi connectivity index (χ4n) is 3.84. The van der Waals surface area contributed by atoms with Gasteiger partial charge in [0.1, 0.15) is 0 Å². The Morgan fingerprint density at radius 2 is 1.95 bits per heavy atom. The van der Waals surface area contributed by atoms with Crippen LogP contribution in [-0.4, -0.2) is 30.6 Å². The SMILES string of the molecule is CCN(CC)C1(C(NC)c2cscc2Br)CCCC1. The monoisotopic (exact) mass is 344 g/mol. The molecular formula is C15H25BrN2S. The Morgan fingerprint density at radius 1 is 1.32 bits per heavy atom. The van der Waals surface area contributed by atoms with Gasteiger partial charge in [0, 0.05) is 15.4 Å². The molecule has 2 nitrogen and oxygen atoms in total. The van der Waals surface area contributed by atoms with Gasteiger partial charge < -0.3 is 5.32 Å². The molecule has 1 fully saturated rings. The number of nitrogens with one attached hydrogen (secondary N) is 1. The average Bonchev–Trinajstić information content (AvgIpc) is 3.04. The first kappa shape index (κ1) is 15.5. The molecule has 1 aromatic rings. The zero-order valence-corrected chi connectivity index (χ0v) is 14.6. The summed E-state index contributed by atoms with van der Waals surface area (Å²) >= 11 is 5.51. The van der Waals surface area contributed by atoms with Gasteiger partial charge in [0.05, 0.1) is 6.04 Å². The van der Waals surface area contributed by atoms with E-state index in [4.69, 9.17) is 0 Å². The highest BCUT2D eigenvalue weighted by Gasteiger charge is 2.45. The van der Waals surface area contributed by atoms with Gasteiger partial charge >= 0.3 is 0 Å². The van der Waals surface area contributed by atoms with Gasteiger partial charge in [-0.2, -0.15) is 11.3 Å². The van der Waals surface area contributed by atoms with Crippen LogP contribution in [0.15, 0.2) is 15.2 Å². The van der Waals surface area contributed by atoms with Crippen molar-refractivity contribution in [2.75, 3.05) is 20.1 Å². The first-order valence-electron chi connectivity index (χ1n) is 7.33. The third-order valence-electron chi connectivity index (χ3n) is 4.64. The Balaban J connectivity index is 2.39. The van der Waals surface area contributed by atoms with Crippen LogP contribution in [0, 0.1) is 0 Å². The average molecular weight is 345 g/mol. The van der Waals surface area contributed by atoms with Crippen LogP contribution < -0.4 is 5.32 Å². The van der Waals surface area contributed by atoms with Gasteiger partial charge in [-0.25, -0.2) is 0 Å². The van der Waals surface area contributed by atoms with E-state index in [9.17, 15) is 0 Å². The van der Waals surface area contributed by atoms with Crippen LogP contribution in [0.1, 0.15) is 51.1 Å². The van der Waals surface area contributed by atoms with Crippen LogP contribution >= 0.6 is 27.3 Å². The molecule has 0 aromatic carbocycles. The van der Waals surface area contributed by atoms with E-state index in [0.717, 1.165) is 13.1 Å². The fraction of sp³-hybridized carbons (Fsp3) is 0.733. The van der Waals surface area contributed by atoms with Crippen LogP contribution in [0.3, 0.4) is 0 Å². The Hall–Kier alpha value is 0.100. The number of halogens is 1. The normalized spacial score (nSPS) is 20.1. The topological polar surface area (TPSA) is 15.3 Å². The maximum atomic E-state index is 3.72. The van der Waals surface area contributed by atoms with Gasteiger partial charge in [-0.3, -0.25) is 4.90 Å². The van der Waals surface area contributed by atoms with E-state index in [1.54, 1.807) is 11.3 Å². The molecule has 1 N–H and O–H groups in total. The summed E-state index contributed by atoms with van der Waals surface area (Å²) in [6, 6.07) is 0.426. The Kier molecular flexibility index (Phi) is 5.46. The minimum atomic E-state index is 0.293. The smallest absolute Gasteiger partial charge is 0.0524 e. The maximum absolute atomic E-state index is 3.72. The van der Waals surface area contributed by atoms with Crippen LogP contribution in [0.25, 0.3) is 0 Å². The van der Waals surface area contributed by atoms with Gasteiger partial charge in [-0.05, 0) is 59.9 Å². The summed E-state index contributed by atoms with van der Waals surface area (Å²) in [5.74, 6) is 0. The predicted molar refractivity (Wildman–Crippen MR) is 87.9 cm³/mol. The lowest BCUT2D eigenvalue weighted by molar-refractivity contribution is 0.0654. The molecule has 108 valence electrons. The minimum absolute atomic E-state index is 0.293. The van der Waals surface area contributed by atoms with Crippen molar-refractivity contribution >= 4 is 27.3 Å². The number of thiophene rings is 1. The van der Waals surface area contributed by atoms with E-state index >= 15 is 0 Å². The first-order chi connectivity index (χ1) is 9.19. The molecular weight excluding hydrogens is 320 g/mol. The van der Waals surface area contributed by atoms with E-state index < -0.39 is 0 Å². The largest absolute Gasteiger partial charge is 0.311 e. The van der Waals surface area contributed by atoms with Gasteiger partial charge in [0.15, 0.2) is 0 Å². The maximum Gasteiger partial charge on any atom is 0.0524 e. The molecule has 2 rings (SSSR count). The fourth-order valence-corrected chi connectivity index (χ4v) is 5.39. The Labute approximate surface area is 129 Å². The summed E-state index contributed by atoms with van der Waals surface area (Å²) in [4.78, 5) is 2.67. The summed E-state index contributed by atoms with van der Waals surface area (Å²) < 4.78 is 1.26. The summed E-state index contributed by atoms with van der Waals surface area (Å²) in [6.45, 7) is 6.85. The summed E-state index contributed by atoms with van der Waals surface area (Å²) in [6.07, 6.45) is 5.33. The molecule has 1 aliphatic rings.